The van der Waals surface area contributed by atoms with Gasteiger partial charge < -0.3 is 11.1 Å². The number of benzene rings is 3. The topological polar surface area (TPSA) is 98.2 Å². The Balaban J connectivity index is 1.65. The number of nitrogen functional groups attached to an aromatic ring is 1. The molecule has 8 heteroatoms. The molecule has 0 aliphatic carbocycles. The van der Waals surface area contributed by atoms with E-state index in [1.165, 1.54) is 4.68 Å². The van der Waals surface area contributed by atoms with Crippen molar-refractivity contribution in [1.29, 1.82) is 0 Å². The molecule has 0 aliphatic heterocycles. The van der Waals surface area contributed by atoms with Crippen LogP contribution >= 0.6 is 11.6 Å². The van der Waals surface area contributed by atoms with Crippen LogP contribution in [-0.4, -0.2) is 26.8 Å². The average molecular weight is 455 g/mol. The van der Waals surface area contributed by atoms with Gasteiger partial charge in [0.25, 0.3) is 5.91 Å². The predicted octanol–water partition coefficient (Wildman–Crippen LogP) is 5.26. The van der Waals surface area contributed by atoms with E-state index in [-0.39, 0.29) is 17.3 Å². The molecule has 5 rings (SSSR count). The number of rotatable bonds is 4. The van der Waals surface area contributed by atoms with Gasteiger partial charge in [-0.2, -0.15) is 9.78 Å². The fourth-order valence-corrected chi connectivity index (χ4v) is 3.62. The fourth-order valence-electron chi connectivity index (χ4n) is 3.49. The number of hydrogen-bond donors (Lipinski definition) is 2. The van der Waals surface area contributed by atoms with Crippen molar-refractivity contribution in [1.82, 2.24) is 14.6 Å². The maximum atomic E-state index is 13.3. The molecule has 0 saturated carbocycles. The van der Waals surface area contributed by atoms with E-state index < -0.39 is 0 Å². The summed E-state index contributed by atoms with van der Waals surface area (Å²) in [6, 6.07) is 22.2. The van der Waals surface area contributed by atoms with E-state index in [1.54, 1.807) is 18.3 Å². The molecule has 1 amide bonds. The minimum absolute atomic E-state index is 0.148. The predicted molar refractivity (Wildman–Crippen MR) is 133 cm³/mol. The Morgan fingerprint density at radius 1 is 1.00 bits per heavy atom. The van der Waals surface area contributed by atoms with Crippen molar-refractivity contribution in [2.24, 2.45) is 5.10 Å². The summed E-state index contributed by atoms with van der Waals surface area (Å²) in [5, 5.41) is 8.03. The lowest BCUT2D eigenvalue weighted by atomic mass is 10.2. The molecule has 162 valence electrons. The van der Waals surface area contributed by atoms with Gasteiger partial charge in [-0.15, -0.1) is 0 Å². The molecule has 3 N–H and O–H groups in total. The minimum atomic E-state index is -0.383. The summed E-state index contributed by atoms with van der Waals surface area (Å²) in [7, 11) is 0. The SMILES string of the molecule is Cc1ccc(NC(=O)c2c(N)n(N=Cc3ccc(Cl)cc3)c3nc4ccccc4nc23)cc1. The van der Waals surface area contributed by atoms with Crippen LogP contribution in [0.1, 0.15) is 21.5 Å². The number of fused-ring (bicyclic) bond motifs is 2. The minimum Gasteiger partial charge on any atom is -0.383 e. The molecule has 0 fully saturated rings. The largest absolute Gasteiger partial charge is 0.383 e. The summed E-state index contributed by atoms with van der Waals surface area (Å²) in [5.74, 6) is -0.235. The van der Waals surface area contributed by atoms with E-state index in [0.717, 1.165) is 11.1 Å². The highest BCUT2D eigenvalue weighted by molar-refractivity contribution is 6.30. The lowest BCUT2D eigenvalue weighted by molar-refractivity contribution is 0.102. The van der Waals surface area contributed by atoms with Gasteiger partial charge >= 0.3 is 0 Å². The van der Waals surface area contributed by atoms with E-state index >= 15 is 0 Å². The first kappa shape index (κ1) is 20.7. The highest BCUT2D eigenvalue weighted by atomic mass is 35.5. The number of para-hydroxylation sites is 2. The van der Waals surface area contributed by atoms with E-state index in [2.05, 4.69) is 15.4 Å². The number of amides is 1. The van der Waals surface area contributed by atoms with E-state index in [9.17, 15) is 4.79 Å². The van der Waals surface area contributed by atoms with E-state index in [4.69, 9.17) is 22.3 Å². The quantitative estimate of drug-likeness (QED) is 0.362. The first-order chi connectivity index (χ1) is 16.0. The Bertz CT molecular complexity index is 1520. The molecule has 5 aromatic rings. The number of carbonyl (C=O) groups excluding carboxylic acids is 1. The Kier molecular flexibility index (Phi) is 5.24. The molecule has 3 aromatic carbocycles. The molecular weight excluding hydrogens is 436 g/mol. The molecule has 2 heterocycles. The standard InChI is InChI=1S/C25H19ClN6O/c1-15-6-12-18(13-7-15)29-25(33)21-22-24(31-20-5-3-2-4-19(20)30-22)32(23(21)27)28-14-16-8-10-17(26)11-9-16/h2-14H,27H2,1H3,(H,29,33). The molecular formula is C25H19ClN6O. The summed E-state index contributed by atoms with van der Waals surface area (Å²) < 4.78 is 1.44. The average Bonchev–Trinajstić information content (AvgIpc) is 3.09. The van der Waals surface area contributed by atoms with Crippen LogP contribution in [0.5, 0.6) is 0 Å². The summed E-state index contributed by atoms with van der Waals surface area (Å²) in [6.45, 7) is 1.98. The number of aromatic nitrogens is 3. The fraction of sp³-hybridized carbons (Fsp3) is 0.0400. The van der Waals surface area contributed by atoms with Crippen LogP contribution in [0.3, 0.4) is 0 Å². The maximum absolute atomic E-state index is 13.3. The van der Waals surface area contributed by atoms with Gasteiger partial charge in [-0.3, -0.25) is 4.79 Å². The normalized spacial score (nSPS) is 11.5. The second-order valence-corrected chi connectivity index (χ2v) is 8.01. The number of hydrogen-bond acceptors (Lipinski definition) is 5. The zero-order valence-corrected chi connectivity index (χ0v) is 18.4. The lowest BCUT2D eigenvalue weighted by Gasteiger charge is -2.06. The number of aryl methyl sites for hydroxylation is 1. The Morgan fingerprint density at radius 2 is 1.67 bits per heavy atom. The van der Waals surface area contributed by atoms with Crippen LogP contribution in [0.25, 0.3) is 22.2 Å². The van der Waals surface area contributed by atoms with Crippen LogP contribution < -0.4 is 11.1 Å². The number of nitrogens with one attached hydrogen (secondary N) is 1. The highest BCUT2D eigenvalue weighted by Crippen LogP contribution is 2.28. The van der Waals surface area contributed by atoms with E-state index in [1.807, 2.05) is 67.6 Å². The van der Waals surface area contributed by atoms with Crippen LogP contribution in [0.4, 0.5) is 11.5 Å². The summed E-state index contributed by atoms with van der Waals surface area (Å²) in [5.41, 5.74) is 11.3. The third-order valence-electron chi connectivity index (χ3n) is 5.20. The molecule has 0 bridgehead atoms. The van der Waals surface area contributed by atoms with Crippen molar-refractivity contribution in [3.63, 3.8) is 0 Å². The van der Waals surface area contributed by atoms with Gasteiger partial charge in [0.05, 0.1) is 17.2 Å². The van der Waals surface area contributed by atoms with Crippen LogP contribution in [0.15, 0.2) is 77.9 Å². The molecule has 0 spiro atoms. The number of halogens is 1. The Hall–Kier alpha value is -4.23. The third kappa shape index (κ3) is 4.02. The van der Waals surface area contributed by atoms with Gasteiger partial charge in [0.1, 0.15) is 16.9 Å². The first-order valence-electron chi connectivity index (χ1n) is 10.2. The second kappa shape index (κ2) is 8.37. The Labute approximate surface area is 194 Å². The van der Waals surface area contributed by atoms with Crippen LogP contribution in [0.2, 0.25) is 5.02 Å². The molecule has 0 atom stereocenters. The van der Waals surface area contributed by atoms with Crippen molar-refractivity contribution in [3.05, 3.63) is 94.5 Å². The molecule has 7 nitrogen and oxygen atoms in total. The maximum Gasteiger partial charge on any atom is 0.261 e. The summed E-state index contributed by atoms with van der Waals surface area (Å²) >= 11 is 5.97. The number of anilines is 2. The van der Waals surface area contributed by atoms with Gasteiger partial charge in [0.15, 0.2) is 5.65 Å². The summed E-state index contributed by atoms with van der Waals surface area (Å²) in [6.07, 6.45) is 1.63. The zero-order chi connectivity index (χ0) is 22.9. The van der Waals surface area contributed by atoms with Gasteiger partial charge in [-0.25, -0.2) is 9.97 Å². The second-order valence-electron chi connectivity index (χ2n) is 7.57. The van der Waals surface area contributed by atoms with Crippen LogP contribution in [0, 0.1) is 6.92 Å². The highest BCUT2D eigenvalue weighted by Gasteiger charge is 2.24. The van der Waals surface area contributed by atoms with Gasteiger partial charge in [0, 0.05) is 10.7 Å². The monoisotopic (exact) mass is 454 g/mol. The molecule has 2 aromatic heterocycles. The van der Waals surface area contributed by atoms with Crippen LogP contribution in [-0.2, 0) is 0 Å². The van der Waals surface area contributed by atoms with Crippen molar-refractivity contribution < 1.29 is 4.79 Å². The first-order valence-corrected chi connectivity index (χ1v) is 10.6. The van der Waals surface area contributed by atoms with Gasteiger partial charge in [-0.1, -0.05) is 53.6 Å². The number of carbonyl (C=O) groups is 1. The number of nitrogens with two attached hydrogens (primary N) is 1. The Morgan fingerprint density at radius 3 is 2.36 bits per heavy atom. The molecule has 0 aliphatic rings. The smallest absolute Gasteiger partial charge is 0.261 e. The lowest BCUT2D eigenvalue weighted by Crippen LogP contribution is -2.14. The molecule has 0 unspecified atom stereocenters. The van der Waals surface area contributed by atoms with Gasteiger partial charge in [-0.05, 0) is 48.9 Å². The third-order valence-corrected chi connectivity index (χ3v) is 5.45. The zero-order valence-electron chi connectivity index (χ0n) is 17.7. The molecule has 33 heavy (non-hydrogen) atoms. The van der Waals surface area contributed by atoms with E-state index in [0.29, 0.717) is 32.9 Å². The summed E-state index contributed by atoms with van der Waals surface area (Å²) in [4.78, 5) is 22.6. The molecule has 0 radical (unpaired) electrons. The van der Waals surface area contributed by atoms with Gasteiger partial charge in [0.2, 0.25) is 0 Å². The van der Waals surface area contributed by atoms with Crippen molar-refractivity contribution in [3.8, 4) is 0 Å². The van der Waals surface area contributed by atoms with Crippen molar-refractivity contribution in [2.75, 3.05) is 11.1 Å². The molecule has 0 saturated heterocycles. The number of nitrogens with zero attached hydrogens (tertiary/aromatic N) is 4. The van der Waals surface area contributed by atoms with Crippen molar-refractivity contribution in [2.45, 2.75) is 6.92 Å². The van der Waals surface area contributed by atoms with Crippen molar-refractivity contribution >= 4 is 57.4 Å².